The van der Waals surface area contributed by atoms with Crippen LogP contribution in [0.5, 0.6) is 11.5 Å². The zero-order valence-corrected chi connectivity index (χ0v) is 16.8. The molecule has 0 atom stereocenters. The molecule has 0 spiro atoms. The SMILES string of the molecule is CCN(CC)C(=O)CN(C)C(=O)CSc1nnc(-c2ccc3c(c2)OCO3)o1. The first-order chi connectivity index (χ1) is 13.5. The number of fused-ring (bicyclic) bond motifs is 1. The van der Waals surface area contributed by atoms with Crippen molar-refractivity contribution in [2.24, 2.45) is 0 Å². The predicted molar refractivity (Wildman–Crippen MR) is 102 cm³/mol. The second-order valence-electron chi connectivity index (χ2n) is 6.05. The van der Waals surface area contributed by atoms with Gasteiger partial charge in [0.2, 0.25) is 24.5 Å². The fourth-order valence-corrected chi connectivity index (χ4v) is 3.32. The summed E-state index contributed by atoms with van der Waals surface area (Å²) in [5, 5.41) is 8.25. The van der Waals surface area contributed by atoms with Crippen molar-refractivity contribution in [1.82, 2.24) is 20.0 Å². The van der Waals surface area contributed by atoms with Gasteiger partial charge in [0.05, 0.1) is 12.3 Å². The van der Waals surface area contributed by atoms with E-state index in [0.29, 0.717) is 36.0 Å². The zero-order valence-electron chi connectivity index (χ0n) is 16.0. The van der Waals surface area contributed by atoms with E-state index in [1.165, 1.54) is 4.90 Å². The Morgan fingerprint density at radius 3 is 2.61 bits per heavy atom. The largest absolute Gasteiger partial charge is 0.454 e. The van der Waals surface area contributed by atoms with E-state index in [1.54, 1.807) is 30.1 Å². The maximum absolute atomic E-state index is 12.3. The lowest BCUT2D eigenvalue weighted by atomic mass is 10.2. The number of benzene rings is 1. The van der Waals surface area contributed by atoms with E-state index in [4.69, 9.17) is 13.9 Å². The van der Waals surface area contributed by atoms with Crippen molar-refractivity contribution in [3.63, 3.8) is 0 Å². The first-order valence-electron chi connectivity index (χ1n) is 8.89. The van der Waals surface area contributed by atoms with Crippen molar-refractivity contribution >= 4 is 23.6 Å². The lowest BCUT2D eigenvalue weighted by Crippen LogP contribution is -2.41. The van der Waals surface area contributed by atoms with Crippen LogP contribution in [-0.2, 0) is 9.59 Å². The monoisotopic (exact) mass is 406 g/mol. The zero-order chi connectivity index (χ0) is 20.1. The van der Waals surface area contributed by atoms with Crippen LogP contribution < -0.4 is 9.47 Å². The molecular weight excluding hydrogens is 384 g/mol. The molecule has 0 N–H and O–H groups in total. The first-order valence-corrected chi connectivity index (χ1v) is 9.88. The normalized spacial score (nSPS) is 12.1. The summed E-state index contributed by atoms with van der Waals surface area (Å²) >= 11 is 1.13. The van der Waals surface area contributed by atoms with Gasteiger partial charge in [0.1, 0.15) is 0 Å². The lowest BCUT2D eigenvalue weighted by molar-refractivity contribution is -0.137. The number of carbonyl (C=O) groups is 2. The van der Waals surface area contributed by atoms with E-state index in [2.05, 4.69) is 10.2 Å². The maximum Gasteiger partial charge on any atom is 0.277 e. The van der Waals surface area contributed by atoms with Crippen molar-refractivity contribution in [3.05, 3.63) is 18.2 Å². The van der Waals surface area contributed by atoms with Crippen LogP contribution in [0.4, 0.5) is 0 Å². The summed E-state index contributed by atoms with van der Waals surface area (Å²) in [6.45, 7) is 5.30. The molecule has 0 unspecified atom stereocenters. The highest BCUT2D eigenvalue weighted by Gasteiger charge is 2.19. The topological polar surface area (TPSA) is 98.0 Å². The standard InChI is InChI=1S/C18H22N4O5S/c1-4-22(5-2)15(23)9-21(3)16(24)10-28-18-20-19-17(27-18)12-6-7-13-14(8-12)26-11-25-13/h6-8H,4-5,9-11H2,1-3H3. The second kappa shape index (κ2) is 8.96. The van der Waals surface area contributed by atoms with Crippen molar-refractivity contribution < 1.29 is 23.5 Å². The van der Waals surface area contributed by atoms with E-state index < -0.39 is 0 Å². The molecule has 3 rings (SSSR count). The number of hydrogen-bond donors (Lipinski definition) is 0. The molecule has 2 amide bonds. The molecule has 9 nitrogen and oxygen atoms in total. The molecule has 1 aliphatic heterocycles. The average molecular weight is 406 g/mol. The van der Waals surface area contributed by atoms with Gasteiger partial charge in [-0.1, -0.05) is 11.8 Å². The summed E-state index contributed by atoms with van der Waals surface area (Å²) in [6.07, 6.45) is 0. The number of ether oxygens (including phenoxy) is 2. The first kappa shape index (κ1) is 20.0. The Hall–Kier alpha value is -2.75. The second-order valence-corrected chi connectivity index (χ2v) is 6.97. The number of aromatic nitrogens is 2. The van der Waals surface area contributed by atoms with Crippen molar-refractivity contribution in [2.75, 3.05) is 39.2 Å². The number of nitrogens with zero attached hydrogens (tertiary/aromatic N) is 4. The van der Waals surface area contributed by atoms with Gasteiger partial charge in [-0.2, -0.15) is 0 Å². The Kier molecular flexibility index (Phi) is 6.40. The molecule has 10 heteroatoms. The van der Waals surface area contributed by atoms with Crippen LogP contribution >= 0.6 is 11.8 Å². The number of amides is 2. The molecule has 0 saturated carbocycles. The lowest BCUT2D eigenvalue weighted by Gasteiger charge is -2.22. The van der Waals surface area contributed by atoms with E-state index in [0.717, 1.165) is 11.8 Å². The molecule has 1 aromatic carbocycles. The Morgan fingerprint density at radius 1 is 1.11 bits per heavy atom. The molecule has 28 heavy (non-hydrogen) atoms. The minimum Gasteiger partial charge on any atom is -0.454 e. The van der Waals surface area contributed by atoms with Crippen LogP contribution in [0.2, 0.25) is 0 Å². The van der Waals surface area contributed by atoms with Gasteiger partial charge in [0.25, 0.3) is 5.22 Å². The Morgan fingerprint density at radius 2 is 1.86 bits per heavy atom. The maximum atomic E-state index is 12.3. The molecule has 0 bridgehead atoms. The Bertz CT molecular complexity index is 852. The number of likely N-dealkylation sites (N-methyl/N-ethyl adjacent to an activating group) is 2. The smallest absolute Gasteiger partial charge is 0.277 e. The third-order valence-corrected chi connectivity index (χ3v) is 5.06. The third-order valence-electron chi connectivity index (χ3n) is 4.26. The Balaban J connectivity index is 1.54. The van der Waals surface area contributed by atoms with E-state index in [1.807, 2.05) is 13.8 Å². The predicted octanol–water partition coefficient (Wildman–Crippen LogP) is 1.88. The number of hydrogen-bond acceptors (Lipinski definition) is 8. The van der Waals surface area contributed by atoms with Crippen molar-refractivity contribution in [1.29, 1.82) is 0 Å². The van der Waals surface area contributed by atoms with Gasteiger partial charge < -0.3 is 23.7 Å². The minimum atomic E-state index is -0.187. The fraction of sp³-hybridized carbons (Fsp3) is 0.444. The number of rotatable bonds is 8. The molecule has 0 aliphatic carbocycles. The van der Waals surface area contributed by atoms with Crippen LogP contribution in [0.3, 0.4) is 0 Å². The summed E-state index contributed by atoms with van der Waals surface area (Å²) in [5.74, 6) is 1.47. The van der Waals surface area contributed by atoms with Crippen LogP contribution in [-0.4, -0.2) is 71.0 Å². The summed E-state index contributed by atoms with van der Waals surface area (Å²) in [5.41, 5.74) is 0.705. The fourth-order valence-electron chi connectivity index (χ4n) is 2.62. The number of thioether (sulfide) groups is 1. The number of carbonyl (C=O) groups excluding carboxylic acids is 2. The van der Waals surface area contributed by atoms with E-state index in [9.17, 15) is 9.59 Å². The quantitative estimate of drug-likeness (QED) is 0.613. The highest BCUT2D eigenvalue weighted by Crippen LogP contribution is 2.35. The van der Waals surface area contributed by atoms with Gasteiger partial charge in [0, 0.05) is 25.7 Å². The van der Waals surface area contributed by atoms with Crippen LogP contribution in [0.1, 0.15) is 13.8 Å². The van der Waals surface area contributed by atoms with Crippen LogP contribution in [0.25, 0.3) is 11.5 Å². The van der Waals surface area contributed by atoms with Gasteiger partial charge in [-0.3, -0.25) is 9.59 Å². The molecule has 1 aliphatic rings. The van der Waals surface area contributed by atoms with Gasteiger partial charge in [-0.15, -0.1) is 10.2 Å². The average Bonchev–Trinajstić information content (AvgIpc) is 3.35. The molecule has 1 aromatic heterocycles. The van der Waals surface area contributed by atoms with Crippen molar-refractivity contribution in [3.8, 4) is 23.0 Å². The molecule has 2 heterocycles. The van der Waals surface area contributed by atoms with Crippen LogP contribution in [0, 0.1) is 0 Å². The highest BCUT2D eigenvalue weighted by molar-refractivity contribution is 7.99. The summed E-state index contributed by atoms with van der Waals surface area (Å²) in [6, 6.07) is 5.34. The molecule has 0 fully saturated rings. The van der Waals surface area contributed by atoms with E-state index >= 15 is 0 Å². The minimum absolute atomic E-state index is 0.0490. The third kappa shape index (κ3) is 4.56. The summed E-state index contributed by atoms with van der Waals surface area (Å²) in [7, 11) is 1.61. The highest BCUT2D eigenvalue weighted by atomic mass is 32.2. The molecular formula is C18H22N4O5S. The van der Waals surface area contributed by atoms with Gasteiger partial charge in [0.15, 0.2) is 11.5 Å². The van der Waals surface area contributed by atoms with Gasteiger partial charge >= 0.3 is 0 Å². The summed E-state index contributed by atoms with van der Waals surface area (Å²) in [4.78, 5) is 27.5. The molecule has 0 radical (unpaired) electrons. The van der Waals surface area contributed by atoms with Gasteiger partial charge in [-0.05, 0) is 32.0 Å². The molecule has 0 saturated heterocycles. The van der Waals surface area contributed by atoms with Crippen molar-refractivity contribution in [2.45, 2.75) is 19.1 Å². The van der Waals surface area contributed by atoms with Crippen LogP contribution in [0.15, 0.2) is 27.8 Å². The Labute approximate surface area is 167 Å². The summed E-state index contributed by atoms with van der Waals surface area (Å²) < 4.78 is 16.2. The molecule has 2 aromatic rings. The molecule has 150 valence electrons. The van der Waals surface area contributed by atoms with E-state index in [-0.39, 0.29) is 36.1 Å². The van der Waals surface area contributed by atoms with Gasteiger partial charge in [-0.25, -0.2) is 0 Å².